The summed E-state index contributed by atoms with van der Waals surface area (Å²) in [5.74, 6) is -0.787. The van der Waals surface area contributed by atoms with Crippen molar-refractivity contribution in [3.8, 4) is 0 Å². The average molecular weight is 327 g/mol. The minimum atomic E-state index is -0.787. The lowest BCUT2D eigenvalue weighted by Crippen LogP contribution is -2.46. The largest absolute Gasteiger partial charge is 0.480 e. The molecule has 19 heavy (non-hydrogen) atoms. The van der Waals surface area contributed by atoms with Gasteiger partial charge in [-0.3, -0.25) is 9.69 Å². The lowest BCUT2D eigenvalue weighted by molar-refractivity contribution is -0.136. The van der Waals surface area contributed by atoms with E-state index < -0.39 is 5.97 Å². The minimum Gasteiger partial charge on any atom is -0.480 e. The smallest absolute Gasteiger partial charge is 0.317 e. The second kappa shape index (κ2) is 7.03. The molecule has 2 rings (SSSR count). The van der Waals surface area contributed by atoms with Crippen LogP contribution in [0, 0.1) is 0 Å². The van der Waals surface area contributed by atoms with Crippen LogP contribution in [0.25, 0.3) is 0 Å². The highest BCUT2D eigenvalue weighted by Crippen LogP contribution is 2.16. The molecule has 1 heterocycles. The van der Waals surface area contributed by atoms with Crippen molar-refractivity contribution in [3.05, 3.63) is 34.3 Å². The van der Waals surface area contributed by atoms with Crippen LogP contribution in [0.3, 0.4) is 0 Å². The number of carboxylic acid groups (broad SMARTS) is 1. The number of carboxylic acids is 1. The quantitative estimate of drug-likeness (QED) is 0.870. The summed E-state index contributed by atoms with van der Waals surface area (Å²) in [7, 11) is 0. The second-order valence-electron chi connectivity index (χ2n) is 4.98. The van der Waals surface area contributed by atoms with Crippen LogP contribution in [0.1, 0.15) is 18.4 Å². The topological polar surface area (TPSA) is 52.6 Å². The normalized spacial score (nSPS) is 20.4. The van der Waals surface area contributed by atoms with Crippen molar-refractivity contribution < 1.29 is 9.90 Å². The number of hydrogen-bond acceptors (Lipinski definition) is 3. The molecule has 0 aliphatic carbocycles. The van der Waals surface area contributed by atoms with E-state index in [1.165, 1.54) is 5.56 Å². The number of aliphatic carboxylic acids is 1. The lowest BCUT2D eigenvalue weighted by atomic mass is 10.0. The summed E-state index contributed by atoms with van der Waals surface area (Å²) >= 11 is 3.44. The summed E-state index contributed by atoms with van der Waals surface area (Å²) in [5.41, 5.74) is 1.29. The van der Waals surface area contributed by atoms with E-state index in [4.69, 9.17) is 5.11 Å². The van der Waals surface area contributed by atoms with Gasteiger partial charge in [0.05, 0.1) is 6.54 Å². The van der Waals surface area contributed by atoms with Crippen molar-refractivity contribution in [3.63, 3.8) is 0 Å². The van der Waals surface area contributed by atoms with E-state index in [1.54, 1.807) is 0 Å². The van der Waals surface area contributed by atoms with Gasteiger partial charge in [-0.2, -0.15) is 0 Å². The molecular weight excluding hydrogens is 308 g/mol. The van der Waals surface area contributed by atoms with E-state index in [9.17, 15) is 4.79 Å². The summed E-state index contributed by atoms with van der Waals surface area (Å²) in [6.07, 6.45) is 2.18. The lowest BCUT2D eigenvalue weighted by Gasteiger charge is -2.33. The van der Waals surface area contributed by atoms with Gasteiger partial charge in [-0.25, -0.2) is 0 Å². The highest BCUT2D eigenvalue weighted by atomic mass is 79.9. The molecule has 4 nitrogen and oxygen atoms in total. The summed E-state index contributed by atoms with van der Waals surface area (Å²) in [6, 6.07) is 8.65. The Labute approximate surface area is 121 Å². The molecule has 0 amide bonds. The average Bonchev–Trinajstić information content (AvgIpc) is 2.40. The Morgan fingerprint density at radius 1 is 1.42 bits per heavy atom. The number of carbonyl (C=O) groups is 1. The number of nitrogens with one attached hydrogen (secondary N) is 1. The fourth-order valence-corrected chi connectivity index (χ4v) is 2.71. The molecule has 1 fully saturated rings. The number of hydrogen-bond donors (Lipinski definition) is 2. The second-order valence-corrected chi connectivity index (χ2v) is 5.89. The van der Waals surface area contributed by atoms with Crippen molar-refractivity contribution in [2.24, 2.45) is 0 Å². The molecule has 1 aromatic carbocycles. The van der Waals surface area contributed by atoms with Crippen LogP contribution in [-0.4, -0.2) is 41.7 Å². The predicted octanol–water partition coefficient (Wildman–Crippen LogP) is 2.09. The van der Waals surface area contributed by atoms with Gasteiger partial charge in [0.1, 0.15) is 0 Å². The summed E-state index contributed by atoms with van der Waals surface area (Å²) in [5, 5.41) is 11.8. The van der Waals surface area contributed by atoms with Gasteiger partial charge in [0.25, 0.3) is 0 Å². The zero-order chi connectivity index (χ0) is 13.7. The third-order valence-corrected chi connectivity index (χ3v) is 3.90. The molecule has 2 N–H and O–H groups in total. The molecule has 104 valence electrons. The Balaban J connectivity index is 1.83. The van der Waals surface area contributed by atoms with E-state index in [1.807, 2.05) is 0 Å². The highest BCUT2D eigenvalue weighted by molar-refractivity contribution is 9.10. The van der Waals surface area contributed by atoms with Gasteiger partial charge in [-0.15, -0.1) is 0 Å². The Kier molecular flexibility index (Phi) is 5.36. The van der Waals surface area contributed by atoms with Crippen LogP contribution in [0.4, 0.5) is 0 Å². The molecule has 1 aromatic rings. The molecule has 0 aromatic heterocycles. The van der Waals surface area contributed by atoms with Crippen LogP contribution < -0.4 is 5.32 Å². The fraction of sp³-hybridized carbons (Fsp3) is 0.500. The van der Waals surface area contributed by atoms with Crippen molar-refractivity contribution in [1.29, 1.82) is 0 Å². The molecular formula is C14H19BrN2O2. The zero-order valence-electron chi connectivity index (χ0n) is 10.8. The number of likely N-dealkylation sites (tertiary alicyclic amines) is 1. The zero-order valence-corrected chi connectivity index (χ0v) is 12.4. The van der Waals surface area contributed by atoms with Gasteiger partial charge in [-0.05, 0) is 37.1 Å². The molecule has 0 saturated carbocycles. The van der Waals surface area contributed by atoms with E-state index in [-0.39, 0.29) is 6.54 Å². The Morgan fingerprint density at radius 2 is 2.16 bits per heavy atom. The first-order valence-electron chi connectivity index (χ1n) is 6.55. The first-order valence-corrected chi connectivity index (χ1v) is 7.35. The Hall–Kier alpha value is -0.910. The minimum absolute atomic E-state index is 0.0524. The molecule has 5 heteroatoms. The van der Waals surface area contributed by atoms with Gasteiger partial charge in [0.2, 0.25) is 0 Å². The molecule has 1 aliphatic heterocycles. The molecule has 0 bridgehead atoms. The number of benzene rings is 1. The first kappa shape index (κ1) is 14.5. The van der Waals surface area contributed by atoms with Crippen LogP contribution in [0.5, 0.6) is 0 Å². The summed E-state index contributed by atoms with van der Waals surface area (Å²) in [4.78, 5) is 12.9. The standard InChI is InChI=1S/C14H19BrN2O2/c15-12-5-3-11(4-6-12)9-17-7-1-2-13(10-17)16-8-14(18)19/h3-6,13,16H,1-2,7-10H2,(H,18,19). The molecule has 1 aliphatic rings. The molecule has 1 unspecified atom stereocenters. The van der Waals surface area contributed by atoms with E-state index in [2.05, 4.69) is 50.4 Å². The van der Waals surface area contributed by atoms with Gasteiger partial charge in [0.15, 0.2) is 0 Å². The van der Waals surface area contributed by atoms with E-state index in [0.717, 1.165) is 36.9 Å². The van der Waals surface area contributed by atoms with Crippen molar-refractivity contribution in [2.45, 2.75) is 25.4 Å². The fourth-order valence-electron chi connectivity index (χ4n) is 2.45. The Morgan fingerprint density at radius 3 is 2.84 bits per heavy atom. The van der Waals surface area contributed by atoms with Gasteiger partial charge in [-0.1, -0.05) is 28.1 Å². The maximum absolute atomic E-state index is 10.6. The van der Waals surface area contributed by atoms with Crippen LogP contribution >= 0.6 is 15.9 Å². The van der Waals surface area contributed by atoms with Crippen molar-refractivity contribution in [2.75, 3.05) is 19.6 Å². The number of piperidine rings is 1. The van der Waals surface area contributed by atoms with Gasteiger partial charge >= 0.3 is 5.97 Å². The maximum atomic E-state index is 10.6. The van der Waals surface area contributed by atoms with Crippen LogP contribution in [0.15, 0.2) is 28.7 Å². The molecule has 1 atom stereocenters. The highest BCUT2D eigenvalue weighted by Gasteiger charge is 2.19. The first-order chi connectivity index (χ1) is 9.13. The molecule has 0 spiro atoms. The van der Waals surface area contributed by atoms with E-state index >= 15 is 0 Å². The Bertz CT molecular complexity index is 422. The van der Waals surface area contributed by atoms with Crippen molar-refractivity contribution in [1.82, 2.24) is 10.2 Å². The number of nitrogens with zero attached hydrogens (tertiary/aromatic N) is 1. The van der Waals surface area contributed by atoms with Crippen LogP contribution in [0.2, 0.25) is 0 Å². The van der Waals surface area contributed by atoms with Gasteiger partial charge in [0, 0.05) is 23.6 Å². The number of halogens is 1. The van der Waals surface area contributed by atoms with Gasteiger partial charge < -0.3 is 10.4 Å². The third-order valence-electron chi connectivity index (χ3n) is 3.37. The molecule has 1 saturated heterocycles. The van der Waals surface area contributed by atoms with E-state index in [0.29, 0.717) is 6.04 Å². The third kappa shape index (κ3) is 4.93. The molecule has 0 radical (unpaired) electrons. The predicted molar refractivity (Wildman–Crippen MR) is 78.1 cm³/mol. The summed E-state index contributed by atoms with van der Waals surface area (Å²) < 4.78 is 1.09. The number of rotatable bonds is 5. The SMILES string of the molecule is O=C(O)CNC1CCCN(Cc2ccc(Br)cc2)C1. The maximum Gasteiger partial charge on any atom is 0.317 e. The monoisotopic (exact) mass is 326 g/mol. The summed E-state index contributed by atoms with van der Waals surface area (Å²) in [6.45, 7) is 2.99. The van der Waals surface area contributed by atoms with Crippen LogP contribution in [-0.2, 0) is 11.3 Å². The van der Waals surface area contributed by atoms with Crippen molar-refractivity contribution >= 4 is 21.9 Å².